The summed E-state index contributed by atoms with van der Waals surface area (Å²) in [4.78, 5) is 31.2. The summed E-state index contributed by atoms with van der Waals surface area (Å²) < 4.78 is 8.18. The first kappa shape index (κ1) is 24.0. The number of hydrogen-bond donors (Lipinski definition) is 0. The Morgan fingerprint density at radius 3 is 2.55 bits per heavy atom. The number of para-hydroxylation sites is 1. The molecule has 2 aliphatic rings. The van der Waals surface area contributed by atoms with E-state index in [2.05, 4.69) is 11.8 Å². The van der Waals surface area contributed by atoms with E-state index >= 15 is 0 Å². The van der Waals surface area contributed by atoms with Crippen molar-refractivity contribution in [3.8, 4) is 0 Å². The van der Waals surface area contributed by atoms with Crippen LogP contribution in [0.3, 0.4) is 0 Å². The number of carbonyl (C=O) groups excluding carboxylic acids is 1. The monoisotopic (exact) mass is 485 g/mol. The van der Waals surface area contributed by atoms with Gasteiger partial charge in [-0.1, -0.05) is 61.9 Å². The average molecular weight is 486 g/mol. The first-order chi connectivity index (χ1) is 15.8. The van der Waals surface area contributed by atoms with E-state index in [0.717, 1.165) is 35.9 Å². The van der Waals surface area contributed by atoms with E-state index in [-0.39, 0.29) is 23.7 Å². The number of aryl methyl sites for hydroxylation is 1. The maximum Gasteiger partial charge on any atom is 0.266 e. The van der Waals surface area contributed by atoms with Crippen LogP contribution in [0.25, 0.3) is 17.0 Å². The molecule has 1 aromatic heterocycles. The molecule has 2 aromatic rings. The van der Waals surface area contributed by atoms with Gasteiger partial charge in [0, 0.05) is 32.1 Å². The fourth-order valence-corrected chi connectivity index (χ4v) is 5.97. The van der Waals surface area contributed by atoms with Gasteiger partial charge >= 0.3 is 0 Å². The minimum absolute atomic E-state index is 0.0428. The number of nitrogens with zero attached hydrogens (tertiary/aromatic N) is 3. The fourth-order valence-electron chi connectivity index (χ4n) is 4.68. The van der Waals surface area contributed by atoms with Gasteiger partial charge in [-0.15, -0.1) is 0 Å². The number of morpholine rings is 1. The number of pyridine rings is 1. The van der Waals surface area contributed by atoms with Crippen LogP contribution in [0, 0.1) is 0 Å². The lowest BCUT2D eigenvalue weighted by Gasteiger charge is -2.38. The lowest BCUT2D eigenvalue weighted by atomic mass is 10.0. The van der Waals surface area contributed by atoms with Crippen LogP contribution in [0.1, 0.15) is 45.6 Å². The van der Waals surface area contributed by atoms with Gasteiger partial charge in [-0.2, -0.15) is 0 Å². The van der Waals surface area contributed by atoms with Crippen LogP contribution < -0.4 is 10.5 Å². The zero-order valence-corrected chi connectivity index (χ0v) is 21.3. The third-order valence-corrected chi connectivity index (χ3v) is 7.56. The summed E-state index contributed by atoms with van der Waals surface area (Å²) >= 11 is 6.79. The van der Waals surface area contributed by atoms with Crippen molar-refractivity contribution < 1.29 is 9.53 Å². The molecule has 0 radical (unpaired) electrons. The molecule has 4 rings (SSSR count). The highest BCUT2D eigenvalue weighted by molar-refractivity contribution is 8.26. The van der Waals surface area contributed by atoms with Crippen molar-refractivity contribution in [2.75, 3.05) is 24.5 Å². The molecule has 0 saturated carbocycles. The zero-order chi connectivity index (χ0) is 23.7. The second kappa shape index (κ2) is 9.99. The van der Waals surface area contributed by atoms with Crippen LogP contribution in [0.4, 0.5) is 5.69 Å². The Bertz CT molecular complexity index is 1160. The lowest BCUT2D eigenvalue weighted by Crippen LogP contribution is -2.46. The molecule has 0 bridgehead atoms. The Hall–Kier alpha value is -2.16. The Labute approximate surface area is 204 Å². The van der Waals surface area contributed by atoms with Crippen molar-refractivity contribution in [1.29, 1.82) is 0 Å². The summed E-state index contributed by atoms with van der Waals surface area (Å²) in [6, 6.07) is 7.94. The number of rotatable bonds is 6. The molecule has 33 heavy (non-hydrogen) atoms. The molecule has 0 N–H and O–H groups in total. The van der Waals surface area contributed by atoms with E-state index in [1.165, 1.54) is 11.8 Å². The third-order valence-electron chi connectivity index (χ3n) is 6.18. The molecular formula is C25H31N3O3S2. The Balaban J connectivity index is 1.84. The quantitative estimate of drug-likeness (QED) is 0.340. The SMILES string of the molecule is CCCCCN1C(=O)C(=Cc2c(N3CC(C)OC(C)C3)c3ccccc3n(C)c2=O)SC1=S. The Morgan fingerprint density at radius 1 is 1.15 bits per heavy atom. The van der Waals surface area contributed by atoms with Gasteiger partial charge in [-0.25, -0.2) is 0 Å². The minimum atomic E-state index is -0.119. The van der Waals surface area contributed by atoms with Crippen molar-refractivity contribution in [1.82, 2.24) is 9.47 Å². The lowest BCUT2D eigenvalue weighted by molar-refractivity contribution is -0.122. The molecule has 6 nitrogen and oxygen atoms in total. The van der Waals surface area contributed by atoms with E-state index in [0.29, 0.717) is 34.4 Å². The van der Waals surface area contributed by atoms with E-state index in [9.17, 15) is 9.59 Å². The predicted octanol–water partition coefficient (Wildman–Crippen LogP) is 4.54. The Kier molecular flexibility index (Phi) is 7.26. The number of aromatic nitrogens is 1. The second-order valence-corrected chi connectivity index (χ2v) is 10.5. The molecule has 1 aromatic carbocycles. The first-order valence-corrected chi connectivity index (χ1v) is 12.8. The number of anilines is 1. The number of hydrogen-bond acceptors (Lipinski definition) is 6. The number of carbonyl (C=O) groups is 1. The second-order valence-electron chi connectivity index (χ2n) is 8.85. The molecule has 176 valence electrons. The topological polar surface area (TPSA) is 54.8 Å². The van der Waals surface area contributed by atoms with Crippen molar-refractivity contribution in [3.63, 3.8) is 0 Å². The largest absolute Gasteiger partial charge is 0.372 e. The van der Waals surface area contributed by atoms with Crippen molar-refractivity contribution >= 4 is 56.9 Å². The molecule has 0 spiro atoms. The fraction of sp³-hybridized carbons (Fsp3) is 0.480. The minimum Gasteiger partial charge on any atom is -0.372 e. The van der Waals surface area contributed by atoms with Gasteiger partial charge in [0.15, 0.2) is 0 Å². The first-order valence-electron chi connectivity index (χ1n) is 11.6. The van der Waals surface area contributed by atoms with Crippen LogP contribution >= 0.6 is 24.0 Å². The molecule has 1 amide bonds. The van der Waals surface area contributed by atoms with Gasteiger partial charge in [0.05, 0.1) is 33.9 Å². The highest BCUT2D eigenvalue weighted by Gasteiger charge is 2.33. The molecule has 2 unspecified atom stereocenters. The summed E-state index contributed by atoms with van der Waals surface area (Å²) in [5.74, 6) is -0.106. The predicted molar refractivity (Wildman–Crippen MR) is 141 cm³/mol. The van der Waals surface area contributed by atoms with Gasteiger partial charge in [0.25, 0.3) is 11.5 Å². The van der Waals surface area contributed by atoms with Gasteiger partial charge in [-0.3, -0.25) is 14.5 Å². The molecule has 3 heterocycles. The van der Waals surface area contributed by atoms with E-state index in [1.54, 1.807) is 22.6 Å². The number of benzene rings is 1. The van der Waals surface area contributed by atoms with Gasteiger partial charge in [0.2, 0.25) is 0 Å². The smallest absolute Gasteiger partial charge is 0.266 e. The standard InChI is InChI=1S/C25H31N3O3S2/c1-5-6-9-12-28-24(30)21(33-25(28)32)13-19-22(27-14-16(2)31-17(3)15-27)18-10-7-8-11-20(18)26(4)23(19)29/h7-8,10-11,13,16-17H,5-6,9,12,14-15H2,1-4H3. The molecule has 2 atom stereocenters. The Morgan fingerprint density at radius 2 is 1.85 bits per heavy atom. The van der Waals surface area contributed by atoms with Crippen molar-refractivity contribution in [2.45, 2.75) is 52.2 Å². The van der Waals surface area contributed by atoms with Crippen LogP contribution in [0.5, 0.6) is 0 Å². The van der Waals surface area contributed by atoms with Crippen molar-refractivity contribution in [3.05, 3.63) is 45.1 Å². The number of thiocarbonyl (C=S) groups is 1. The molecule has 0 aliphatic carbocycles. The number of amides is 1. The van der Waals surface area contributed by atoms with Gasteiger partial charge in [0.1, 0.15) is 4.32 Å². The van der Waals surface area contributed by atoms with Crippen LogP contribution in [0.2, 0.25) is 0 Å². The average Bonchev–Trinajstić information content (AvgIpc) is 3.04. The summed E-state index contributed by atoms with van der Waals surface area (Å²) in [6.45, 7) is 8.21. The van der Waals surface area contributed by atoms with Gasteiger partial charge < -0.3 is 14.2 Å². The zero-order valence-electron chi connectivity index (χ0n) is 19.7. The number of ether oxygens (including phenoxy) is 1. The maximum atomic E-state index is 13.6. The van der Waals surface area contributed by atoms with Crippen molar-refractivity contribution in [2.24, 2.45) is 7.05 Å². The van der Waals surface area contributed by atoms with E-state index in [1.807, 2.05) is 38.1 Å². The van der Waals surface area contributed by atoms with E-state index in [4.69, 9.17) is 17.0 Å². The summed E-state index contributed by atoms with van der Waals surface area (Å²) in [6.07, 6.45) is 4.90. The normalized spacial score (nSPS) is 22.7. The summed E-state index contributed by atoms with van der Waals surface area (Å²) in [5, 5.41) is 0.991. The molecule has 2 fully saturated rings. The number of unbranched alkanes of at least 4 members (excludes halogenated alkanes) is 2. The number of thioether (sulfide) groups is 1. The summed E-state index contributed by atoms with van der Waals surface area (Å²) in [7, 11) is 1.78. The van der Waals surface area contributed by atoms with Crippen LogP contribution in [-0.2, 0) is 16.6 Å². The van der Waals surface area contributed by atoms with Crippen LogP contribution in [0.15, 0.2) is 34.0 Å². The molecule has 8 heteroatoms. The highest BCUT2D eigenvalue weighted by atomic mass is 32.2. The highest BCUT2D eigenvalue weighted by Crippen LogP contribution is 2.37. The molecular weight excluding hydrogens is 454 g/mol. The third kappa shape index (κ3) is 4.74. The van der Waals surface area contributed by atoms with Gasteiger partial charge in [-0.05, 0) is 32.4 Å². The number of fused-ring (bicyclic) bond motifs is 1. The van der Waals surface area contributed by atoms with E-state index < -0.39 is 0 Å². The molecule has 2 aliphatic heterocycles. The van der Waals surface area contributed by atoms with Crippen LogP contribution in [-0.4, -0.2) is 51.5 Å². The molecule has 2 saturated heterocycles. The maximum absolute atomic E-state index is 13.6. The summed E-state index contributed by atoms with van der Waals surface area (Å²) in [5.41, 5.74) is 2.15.